The van der Waals surface area contributed by atoms with Gasteiger partial charge < -0.3 is 16.5 Å². The summed E-state index contributed by atoms with van der Waals surface area (Å²) >= 11 is 0. The van der Waals surface area contributed by atoms with Gasteiger partial charge in [-0.1, -0.05) is 55.7 Å². The Morgan fingerprint density at radius 1 is 0.735 bits per heavy atom. The molecule has 0 spiro atoms. The molecule has 0 N–H and O–H groups in total. The summed E-state index contributed by atoms with van der Waals surface area (Å²) in [5.41, 5.74) is -1.51. The predicted molar refractivity (Wildman–Crippen MR) is 123 cm³/mol. The standard InChI is InChI=1S/C20H24F6O4Si4/c21-19(22,23)14-6-4-10-17(12-14)34(18-11-5-7-15(13-18)20(24,25)26)29-31-27-33(28-32-30-34)16-8-2-1-3-9-16/h4-7,10-13,16,33H,1-3,8-9,31-32H2. The molecule has 34 heavy (non-hydrogen) atoms. The largest absolute Gasteiger partial charge is 0.422 e. The highest BCUT2D eigenvalue weighted by Gasteiger charge is 2.47. The third kappa shape index (κ3) is 5.75. The first-order valence-electron chi connectivity index (χ1n) is 11.0. The van der Waals surface area contributed by atoms with E-state index in [9.17, 15) is 26.3 Å². The van der Waals surface area contributed by atoms with Gasteiger partial charge in [0.15, 0.2) is 0 Å². The molecular weight excluding hydrogens is 531 g/mol. The molecule has 1 saturated carbocycles. The number of rotatable bonds is 3. The molecule has 4 nitrogen and oxygen atoms in total. The minimum Gasteiger partial charge on any atom is -0.422 e. The van der Waals surface area contributed by atoms with Crippen LogP contribution in [0.25, 0.3) is 0 Å². The molecule has 4 rings (SSSR count). The molecule has 1 aliphatic heterocycles. The van der Waals surface area contributed by atoms with Crippen molar-refractivity contribution < 1.29 is 42.8 Å². The molecule has 1 heterocycles. The average molecular weight is 555 g/mol. The van der Waals surface area contributed by atoms with Gasteiger partial charge in [0.25, 0.3) is 20.0 Å². The van der Waals surface area contributed by atoms with Crippen molar-refractivity contribution in [3.05, 3.63) is 59.7 Å². The van der Waals surface area contributed by atoms with Gasteiger partial charge in [-0.3, -0.25) is 0 Å². The van der Waals surface area contributed by atoms with Gasteiger partial charge in [0, 0.05) is 0 Å². The molecule has 0 bridgehead atoms. The number of alkyl halides is 6. The van der Waals surface area contributed by atoms with Crippen LogP contribution >= 0.6 is 0 Å². The van der Waals surface area contributed by atoms with Crippen LogP contribution in [0.15, 0.2) is 48.5 Å². The van der Waals surface area contributed by atoms with Crippen LogP contribution in [-0.4, -0.2) is 37.9 Å². The monoisotopic (exact) mass is 554 g/mol. The number of halogens is 6. The second kappa shape index (κ2) is 10.4. The third-order valence-corrected chi connectivity index (χ3v) is 17.7. The summed E-state index contributed by atoms with van der Waals surface area (Å²) in [6.07, 6.45) is -3.88. The molecule has 2 aromatic rings. The maximum absolute atomic E-state index is 13.4. The second-order valence-corrected chi connectivity index (χ2v) is 17.9. The van der Waals surface area contributed by atoms with Crippen LogP contribution in [0.4, 0.5) is 26.3 Å². The highest BCUT2D eigenvalue weighted by atomic mass is 28.5. The topological polar surface area (TPSA) is 36.9 Å². The predicted octanol–water partition coefficient (Wildman–Crippen LogP) is 2.91. The molecule has 186 valence electrons. The summed E-state index contributed by atoms with van der Waals surface area (Å²) in [7, 11) is -9.57. The van der Waals surface area contributed by atoms with Crippen molar-refractivity contribution in [3.63, 3.8) is 0 Å². The van der Waals surface area contributed by atoms with Gasteiger partial charge in [-0.25, -0.2) is 0 Å². The maximum Gasteiger partial charge on any atom is 0.416 e. The van der Waals surface area contributed by atoms with Crippen LogP contribution in [0.5, 0.6) is 0 Å². The van der Waals surface area contributed by atoms with E-state index in [4.69, 9.17) is 16.5 Å². The quantitative estimate of drug-likeness (QED) is 0.432. The van der Waals surface area contributed by atoms with Crippen LogP contribution in [0, 0.1) is 0 Å². The molecule has 0 atom stereocenters. The van der Waals surface area contributed by atoms with E-state index >= 15 is 0 Å². The first kappa shape index (κ1) is 25.8. The van der Waals surface area contributed by atoms with Crippen LogP contribution in [0.2, 0.25) is 5.54 Å². The summed E-state index contributed by atoms with van der Waals surface area (Å²) in [5, 5.41) is 0.179. The second-order valence-electron chi connectivity index (χ2n) is 8.40. The number of hydrogen-bond acceptors (Lipinski definition) is 4. The van der Waals surface area contributed by atoms with E-state index in [2.05, 4.69) is 0 Å². The maximum atomic E-state index is 13.4. The fourth-order valence-electron chi connectivity index (χ4n) is 4.44. The highest BCUT2D eigenvalue weighted by molar-refractivity contribution is 6.97. The minimum atomic E-state index is -4.62. The minimum absolute atomic E-state index is 0.0895. The molecule has 14 heteroatoms. The molecule has 0 amide bonds. The summed E-state index contributed by atoms with van der Waals surface area (Å²) in [6.45, 7) is 0. The van der Waals surface area contributed by atoms with Crippen molar-refractivity contribution >= 4 is 48.2 Å². The number of benzene rings is 2. The Kier molecular flexibility index (Phi) is 7.88. The van der Waals surface area contributed by atoms with Crippen LogP contribution in [0.3, 0.4) is 0 Å². The van der Waals surface area contributed by atoms with Gasteiger partial charge in [0.05, 0.1) is 11.1 Å². The summed E-state index contributed by atoms with van der Waals surface area (Å²) in [6, 6.07) is 8.92. The van der Waals surface area contributed by atoms with Crippen LogP contribution in [0.1, 0.15) is 43.2 Å². The molecule has 2 aliphatic rings. The van der Waals surface area contributed by atoms with Crippen LogP contribution < -0.4 is 10.4 Å². The lowest BCUT2D eigenvalue weighted by molar-refractivity contribution is -0.138. The Bertz CT molecular complexity index is 915. The molecule has 1 aliphatic carbocycles. The zero-order valence-electron chi connectivity index (χ0n) is 18.1. The van der Waals surface area contributed by atoms with E-state index in [0.29, 0.717) is 5.54 Å². The molecular formula is C20H24F6O4Si4. The zero-order chi connectivity index (χ0) is 24.4. The summed E-state index contributed by atoms with van der Waals surface area (Å²) < 4.78 is 105. The SMILES string of the molecule is FC(F)(F)c1cccc([Si]2(c3cccc(C(F)(F)F)c3)O[SiH2]O[SiH](C3CCCCC3)O[SiH2]O2)c1. The normalized spacial score (nSPS) is 24.1. The van der Waals surface area contributed by atoms with E-state index < -0.39 is 61.3 Å². The van der Waals surface area contributed by atoms with Gasteiger partial charge in [0.2, 0.25) is 0 Å². The Morgan fingerprint density at radius 2 is 1.21 bits per heavy atom. The van der Waals surface area contributed by atoms with Crippen molar-refractivity contribution in [2.45, 2.75) is 50.0 Å². The van der Waals surface area contributed by atoms with E-state index in [1.807, 2.05) is 0 Å². The number of hydrogen-bond donors (Lipinski definition) is 0. The molecule has 2 fully saturated rings. The van der Waals surface area contributed by atoms with Gasteiger partial charge in [0.1, 0.15) is 0 Å². The lowest BCUT2D eigenvalue weighted by Crippen LogP contribution is -2.66. The highest BCUT2D eigenvalue weighted by Crippen LogP contribution is 2.33. The fraction of sp³-hybridized carbons (Fsp3) is 0.400. The first-order chi connectivity index (χ1) is 16.1. The van der Waals surface area contributed by atoms with Crippen molar-refractivity contribution in [1.82, 2.24) is 0 Å². The van der Waals surface area contributed by atoms with Crippen molar-refractivity contribution in [2.24, 2.45) is 0 Å². The Hall–Kier alpha value is -1.27. The van der Waals surface area contributed by atoms with Gasteiger partial charge >= 0.3 is 30.2 Å². The molecule has 0 radical (unpaired) electrons. The van der Waals surface area contributed by atoms with Gasteiger partial charge in [-0.15, -0.1) is 0 Å². The molecule has 0 unspecified atom stereocenters. The first-order valence-corrected chi connectivity index (χ1v) is 16.7. The lowest BCUT2D eigenvalue weighted by Gasteiger charge is -2.37. The van der Waals surface area contributed by atoms with E-state index in [1.54, 1.807) is 0 Å². The zero-order valence-corrected chi connectivity index (χ0v) is 23.1. The molecule has 0 aromatic heterocycles. The van der Waals surface area contributed by atoms with E-state index in [0.717, 1.165) is 49.9 Å². The van der Waals surface area contributed by atoms with Crippen molar-refractivity contribution in [1.29, 1.82) is 0 Å². The van der Waals surface area contributed by atoms with Crippen LogP contribution in [-0.2, 0) is 28.8 Å². The van der Waals surface area contributed by atoms with E-state index in [1.165, 1.54) is 30.7 Å². The average Bonchev–Trinajstić information content (AvgIpc) is 2.79. The third-order valence-electron chi connectivity index (χ3n) is 6.16. The fourth-order valence-corrected chi connectivity index (χ4v) is 18.5. The Labute approximate surface area is 200 Å². The van der Waals surface area contributed by atoms with Gasteiger partial charge in [-0.2, -0.15) is 26.3 Å². The van der Waals surface area contributed by atoms with E-state index in [-0.39, 0.29) is 10.4 Å². The Balaban J connectivity index is 1.71. The van der Waals surface area contributed by atoms with Gasteiger partial charge in [-0.05, 0) is 40.9 Å². The lowest BCUT2D eigenvalue weighted by atomic mass is 10.0. The summed E-state index contributed by atoms with van der Waals surface area (Å²) in [5.74, 6) is 0. The van der Waals surface area contributed by atoms with Crippen molar-refractivity contribution in [2.75, 3.05) is 0 Å². The van der Waals surface area contributed by atoms with Crippen molar-refractivity contribution in [3.8, 4) is 0 Å². The smallest absolute Gasteiger partial charge is 0.416 e. The Morgan fingerprint density at radius 3 is 1.65 bits per heavy atom. The summed E-state index contributed by atoms with van der Waals surface area (Å²) in [4.78, 5) is 0. The molecule has 2 aromatic carbocycles. The molecule has 1 saturated heterocycles.